The summed E-state index contributed by atoms with van der Waals surface area (Å²) in [5, 5.41) is 6.84. The first-order chi connectivity index (χ1) is 19.0. The second kappa shape index (κ2) is 11.1. The van der Waals surface area contributed by atoms with Gasteiger partial charge in [-0.15, -0.1) is 5.10 Å². The third-order valence-electron chi connectivity index (χ3n) is 7.93. The average Bonchev–Trinajstić information content (AvgIpc) is 3.26. The summed E-state index contributed by atoms with van der Waals surface area (Å²) in [6.07, 6.45) is 2.55. The van der Waals surface area contributed by atoms with E-state index in [1.807, 2.05) is 6.92 Å². The highest BCUT2D eigenvalue weighted by molar-refractivity contribution is 6.06. The first kappa shape index (κ1) is 27.9. The highest BCUT2D eigenvalue weighted by atomic mass is 19.4. The fourth-order valence-electron chi connectivity index (χ4n) is 5.56. The number of benzene rings is 2. The minimum Gasteiger partial charge on any atom is -0.490 e. The summed E-state index contributed by atoms with van der Waals surface area (Å²) in [7, 11) is 0. The molecule has 214 valence electrons. The van der Waals surface area contributed by atoms with Crippen LogP contribution >= 0.6 is 0 Å². The van der Waals surface area contributed by atoms with Crippen LogP contribution in [0.5, 0.6) is 5.75 Å². The van der Waals surface area contributed by atoms with Crippen LogP contribution < -0.4 is 15.7 Å². The molecule has 1 atom stereocenters. The van der Waals surface area contributed by atoms with Crippen LogP contribution in [0.4, 0.5) is 23.2 Å². The number of alkyl halides is 3. The summed E-state index contributed by atoms with van der Waals surface area (Å²) in [6.45, 7) is 3.95. The van der Waals surface area contributed by atoms with Crippen molar-refractivity contribution >= 4 is 11.6 Å². The number of halogens is 4. The third-order valence-corrected chi connectivity index (χ3v) is 7.93. The van der Waals surface area contributed by atoms with Gasteiger partial charge in [-0.3, -0.25) is 9.36 Å². The summed E-state index contributed by atoms with van der Waals surface area (Å²) < 4.78 is 64.2. The zero-order valence-corrected chi connectivity index (χ0v) is 22.5. The van der Waals surface area contributed by atoms with Crippen molar-refractivity contribution in [3.05, 3.63) is 69.1 Å². The summed E-state index contributed by atoms with van der Waals surface area (Å²) >= 11 is 0. The normalized spacial score (nSPS) is 16.9. The van der Waals surface area contributed by atoms with Crippen molar-refractivity contribution in [2.45, 2.75) is 84.0 Å². The molecule has 0 saturated heterocycles. The number of amides is 1. The SMILES string of the molecule is Cc1ccc(C(F)(F)F)cc1NC(=O)c1cc(F)c(-n2nc3n(c2=O)CCCC3)cc1OC(C)C1CCCCC1. The molecule has 1 saturated carbocycles. The van der Waals surface area contributed by atoms with Crippen molar-refractivity contribution in [1.29, 1.82) is 0 Å². The fourth-order valence-corrected chi connectivity index (χ4v) is 5.56. The van der Waals surface area contributed by atoms with E-state index < -0.39 is 29.2 Å². The molecule has 0 spiro atoms. The van der Waals surface area contributed by atoms with E-state index in [1.54, 1.807) is 6.92 Å². The van der Waals surface area contributed by atoms with E-state index in [2.05, 4.69) is 10.4 Å². The number of nitrogens with zero attached hydrogens (tertiary/aromatic N) is 3. The second-order valence-corrected chi connectivity index (χ2v) is 10.7. The molecule has 0 radical (unpaired) electrons. The van der Waals surface area contributed by atoms with Gasteiger partial charge in [0.1, 0.15) is 23.1 Å². The number of hydrogen-bond donors (Lipinski definition) is 1. The molecule has 1 aromatic heterocycles. The van der Waals surface area contributed by atoms with Crippen molar-refractivity contribution < 1.29 is 27.1 Å². The number of aryl methyl sites for hydroxylation is 2. The molecule has 0 bridgehead atoms. The summed E-state index contributed by atoms with van der Waals surface area (Å²) in [4.78, 5) is 26.4. The number of anilines is 1. The lowest BCUT2D eigenvalue weighted by Crippen LogP contribution is -2.28. The molecule has 1 unspecified atom stereocenters. The zero-order valence-electron chi connectivity index (χ0n) is 22.5. The number of aromatic nitrogens is 3. The van der Waals surface area contributed by atoms with E-state index in [-0.39, 0.29) is 34.7 Å². The highest BCUT2D eigenvalue weighted by Gasteiger charge is 2.31. The largest absolute Gasteiger partial charge is 0.490 e. The predicted molar refractivity (Wildman–Crippen MR) is 142 cm³/mol. The number of rotatable bonds is 6. The lowest BCUT2D eigenvalue weighted by Gasteiger charge is -2.29. The van der Waals surface area contributed by atoms with Crippen LogP contribution in [0.2, 0.25) is 0 Å². The van der Waals surface area contributed by atoms with E-state index in [9.17, 15) is 22.8 Å². The van der Waals surface area contributed by atoms with Gasteiger partial charge in [-0.2, -0.15) is 17.9 Å². The molecule has 2 heterocycles. The monoisotopic (exact) mass is 560 g/mol. The maximum atomic E-state index is 15.6. The number of nitrogens with one attached hydrogen (secondary N) is 1. The Morgan fingerprint density at radius 1 is 1.10 bits per heavy atom. The summed E-state index contributed by atoms with van der Waals surface area (Å²) in [6, 6.07) is 5.29. The van der Waals surface area contributed by atoms with E-state index in [4.69, 9.17) is 4.74 Å². The molecule has 2 aromatic carbocycles. The van der Waals surface area contributed by atoms with Crippen LogP contribution in [0.3, 0.4) is 0 Å². The van der Waals surface area contributed by atoms with E-state index >= 15 is 4.39 Å². The van der Waals surface area contributed by atoms with Gasteiger partial charge >= 0.3 is 11.9 Å². The maximum absolute atomic E-state index is 15.6. The molecule has 1 N–H and O–H groups in total. The maximum Gasteiger partial charge on any atom is 0.416 e. The van der Waals surface area contributed by atoms with Crippen LogP contribution in [-0.4, -0.2) is 26.4 Å². The summed E-state index contributed by atoms with van der Waals surface area (Å²) in [5.74, 6) is -0.868. The number of fused-ring (bicyclic) bond motifs is 1. The molecule has 2 aliphatic rings. The van der Waals surface area contributed by atoms with Gasteiger partial charge in [0.15, 0.2) is 0 Å². The Labute approximate surface area is 229 Å². The van der Waals surface area contributed by atoms with Gasteiger partial charge in [0.2, 0.25) is 0 Å². The Kier molecular flexibility index (Phi) is 7.74. The number of hydrogen-bond acceptors (Lipinski definition) is 4. The van der Waals surface area contributed by atoms with Gasteiger partial charge in [-0.1, -0.05) is 25.3 Å². The minimum absolute atomic E-state index is 0.0366. The van der Waals surface area contributed by atoms with Crippen molar-refractivity contribution in [3.8, 4) is 11.4 Å². The molecule has 3 aromatic rings. The van der Waals surface area contributed by atoms with Crippen molar-refractivity contribution in [1.82, 2.24) is 14.3 Å². The van der Waals surface area contributed by atoms with E-state index in [0.29, 0.717) is 24.4 Å². The van der Waals surface area contributed by atoms with Gasteiger partial charge in [0.05, 0.1) is 17.2 Å². The van der Waals surface area contributed by atoms with Gasteiger partial charge in [0.25, 0.3) is 5.91 Å². The average molecular weight is 561 g/mol. The topological polar surface area (TPSA) is 78.2 Å². The first-order valence-corrected chi connectivity index (χ1v) is 13.7. The highest BCUT2D eigenvalue weighted by Crippen LogP contribution is 2.34. The number of carbonyl (C=O) groups is 1. The van der Waals surface area contributed by atoms with Crippen LogP contribution in [0.15, 0.2) is 35.1 Å². The Balaban J connectivity index is 1.54. The quantitative estimate of drug-likeness (QED) is 0.352. The van der Waals surface area contributed by atoms with E-state index in [1.165, 1.54) is 16.7 Å². The van der Waals surface area contributed by atoms with Crippen LogP contribution in [0, 0.1) is 18.7 Å². The Morgan fingerprint density at radius 3 is 2.55 bits per heavy atom. The standard InChI is InChI=1S/C29H32F4N4O3/c1-17-11-12-20(29(31,32)33)14-23(17)34-27(38)21-15-22(30)24(37-28(39)36-13-7-6-10-26(36)35-37)16-25(21)40-18(2)19-8-4-3-5-9-19/h11-12,14-16,18-19H,3-10,13H2,1-2H3,(H,34,38). The lowest BCUT2D eigenvalue weighted by molar-refractivity contribution is -0.137. The molecular weight excluding hydrogens is 528 g/mol. The first-order valence-electron chi connectivity index (χ1n) is 13.7. The smallest absolute Gasteiger partial charge is 0.416 e. The van der Waals surface area contributed by atoms with Crippen LogP contribution in [0.25, 0.3) is 5.69 Å². The minimum atomic E-state index is -4.60. The Morgan fingerprint density at radius 2 is 1.85 bits per heavy atom. The molecule has 1 fully saturated rings. The number of ether oxygens (including phenoxy) is 1. The molecule has 5 rings (SSSR count). The van der Waals surface area contributed by atoms with Crippen molar-refractivity contribution in [2.24, 2.45) is 5.92 Å². The third kappa shape index (κ3) is 5.64. The molecule has 1 aliphatic heterocycles. The van der Waals surface area contributed by atoms with Gasteiger partial charge in [0, 0.05) is 24.7 Å². The van der Waals surface area contributed by atoms with Crippen LogP contribution in [-0.2, 0) is 19.1 Å². The predicted octanol–water partition coefficient (Wildman–Crippen LogP) is 6.44. The fraction of sp³-hybridized carbons (Fsp3) is 0.483. The molecule has 11 heteroatoms. The molecule has 7 nitrogen and oxygen atoms in total. The molecule has 1 aliphatic carbocycles. The zero-order chi connectivity index (χ0) is 28.6. The van der Waals surface area contributed by atoms with Crippen molar-refractivity contribution in [3.63, 3.8) is 0 Å². The van der Waals surface area contributed by atoms with E-state index in [0.717, 1.165) is 67.8 Å². The molecular formula is C29H32F4N4O3. The van der Waals surface area contributed by atoms with Gasteiger partial charge < -0.3 is 10.1 Å². The van der Waals surface area contributed by atoms with Crippen LogP contribution in [0.1, 0.15) is 79.2 Å². The Bertz CT molecular complexity index is 1470. The second-order valence-electron chi connectivity index (χ2n) is 10.7. The van der Waals surface area contributed by atoms with Gasteiger partial charge in [-0.05, 0) is 69.2 Å². The van der Waals surface area contributed by atoms with Crippen molar-refractivity contribution in [2.75, 3.05) is 5.32 Å². The molecule has 40 heavy (non-hydrogen) atoms. The lowest BCUT2D eigenvalue weighted by atomic mass is 9.86. The Hall–Kier alpha value is -3.63. The number of carbonyl (C=O) groups excluding carboxylic acids is 1. The van der Waals surface area contributed by atoms with Gasteiger partial charge in [-0.25, -0.2) is 9.18 Å². The summed E-state index contributed by atoms with van der Waals surface area (Å²) in [5.41, 5.74) is -1.36. The molecule has 1 amide bonds.